The van der Waals surface area contributed by atoms with Gasteiger partial charge in [0.15, 0.2) is 0 Å². The molecule has 1 rings (SSSR count). The normalized spacial score (nSPS) is 11.7. The third-order valence-corrected chi connectivity index (χ3v) is 4.35. The lowest BCUT2D eigenvalue weighted by molar-refractivity contribution is -0.385. The molecule has 0 unspecified atom stereocenters. The number of rotatable bonds is 5. The minimum absolute atomic E-state index is 0.00329. The van der Waals surface area contributed by atoms with Crippen LogP contribution in [0, 0.1) is 10.1 Å². The zero-order valence-corrected chi connectivity index (χ0v) is 11.0. The summed E-state index contributed by atoms with van der Waals surface area (Å²) in [5, 5.41) is 10.6. The number of anilines is 1. The fourth-order valence-electron chi connectivity index (χ4n) is 1.46. The molecule has 0 saturated carbocycles. The van der Waals surface area contributed by atoms with Crippen molar-refractivity contribution < 1.29 is 13.3 Å². The van der Waals surface area contributed by atoms with Crippen molar-refractivity contribution in [1.82, 2.24) is 4.31 Å². The van der Waals surface area contributed by atoms with E-state index in [4.69, 9.17) is 5.73 Å². The summed E-state index contributed by atoms with van der Waals surface area (Å²) in [6.45, 7) is 2.16. The molecule has 0 spiro atoms. The van der Waals surface area contributed by atoms with E-state index < -0.39 is 14.9 Å². The van der Waals surface area contributed by atoms with Gasteiger partial charge in [-0.25, -0.2) is 12.7 Å². The van der Waals surface area contributed by atoms with Gasteiger partial charge in [-0.1, -0.05) is 6.92 Å². The van der Waals surface area contributed by atoms with Crippen molar-refractivity contribution in [3.8, 4) is 0 Å². The van der Waals surface area contributed by atoms with Crippen molar-refractivity contribution in [2.24, 2.45) is 0 Å². The van der Waals surface area contributed by atoms with Gasteiger partial charge in [-0.3, -0.25) is 10.1 Å². The maximum atomic E-state index is 12.1. The van der Waals surface area contributed by atoms with Crippen LogP contribution < -0.4 is 5.73 Å². The fourth-order valence-corrected chi connectivity index (χ4v) is 2.86. The summed E-state index contributed by atoms with van der Waals surface area (Å²) in [5.41, 5.74) is 5.29. The van der Waals surface area contributed by atoms with Crippen LogP contribution in [0.25, 0.3) is 0 Å². The van der Waals surface area contributed by atoms with Crippen molar-refractivity contribution in [3.05, 3.63) is 28.3 Å². The summed E-state index contributed by atoms with van der Waals surface area (Å²) >= 11 is 0. The predicted molar refractivity (Wildman–Crippen MR) is 67.6 cm³/mol. The largest absolute Gasteiger partial charge is 0.398 e. The van der Waals surface area contributed by atoms with Gasteiger partial charge in [0.05, 0.1) is 10.6 Å². The maximum absolute atomic E-state index is 12.1. The monoisotopic (exact) mass is 273 g/mol. The first-order chi connectivity index (χ1) is 8.30. The fraction of sp³-hybridized carbons (Fsp3) is 0.400. The highest BCUT2D eigenvalue weighted by Gasteiger charge is 2.25. The smallest absolute Gasteiger partial charge is 0.270 e. The number of benzene rings is 1. The van der Waals surface area contributed by atoms with Gasteiger partial charge >= 0.3 is 0 Å². The molecular formula is C10H15N3O4S. The molecule has 0 aromatic heterocycles. The quantitative estimate of drug-likeness (QED) is 0.493. The minimum Gasteiger partial charge on any atom is -0.398 e. The molecule has 0 aliphatic heterocycles. The Morgan fingerprint density at radius 3 is 2.56 bits per heavy atom. The molecular weight excluding hydrogens is 258 g/mol. The molecule has 0 bridgehead atoms. The third kappa shape index (κ3) is 2.77. The summed E-state index contributed by atoms with van der Waals surface area (Å²) in [4.78, 5) is 9.76. The van der Waals surface area contributed by atoms with Crippen LogP contribution in [0.5, 0.6) is 0 Å². The molecule has 0 heterocycles. The van der Waals surface area contributed by atoms with Gasteiger partial charge in [-0.15, -0.1) is 0 Å². The molecule has 0 aliphatic carbocycles. The number of nitrogen functional groups attached to an aromatic ring is 1. The standard InChI is InChI=1S/C10H15N3O4S/c1-3-6-12(2)18(16,17)10-7-8(13(14)15)4-5-9(10)11/h4-5,7H,3,6,11H2,1-2H3. The molecule has 0 radical (unpaired) electrons. The van der Waals surface area contributed by atoms with Crippen molar-refractivity contribution in [3.63, 3.8) is 0 Å². The molecule has 1 aromatic rings. The average Bonchev–Trinajstić information content (AvgIpc) is 2.29. The van der Waals surface area contributed by atoms with Crippen LogP contribution in [-0.2, 0) is 10.0 Å². The van der Waals surface area contributed by atoms with E-state index in [0.717, 1.165) is 10.4 Å². The highest BCUT2D eigenvalue weighted by atomic mass is 32.2. The number of nitrogens with zero attached hydrogens (tertiary/aromatic N) is 2. The van der Waals surface area contributed by atoms with Crippen LogP contribution in [0.15, 0.2) is 23.1 Å². The Morgan fingerprint density at radius 1 is 1.44 bits per heavy atom. The lowest BCUT2D eigenvalue weighted by Gasteiger charge is -2.17. The molecule has 8 heteroatoms. The molecule has 2 N–H and O–H groups in total. The Labute approximate surface area is 105 Å². The second-order valence-electron chi connectivity index (χ2n) is 3.81. The summed E-state index contributed by atoms with van der Waals surface area (Å²) in [5.74, 6) is 0. The second kappa shape index (κ2) is 5.32. The molecule has 7 nitrogen and oxygen atoms in total. The predicted octanol–water partition coefficient (Wildman–Crippen LogP) is 1.21. The Morgan fingerprint density at radius 2 is 2.06 bits per heavy atom. The van der Waals surface area contributed by atoms with Crippen LogP contribution in [0.1, 0.15) is 13.3 Å². The molecule has 0 fully saturated rings. The first-order valence-corrected chi connectivity index (χ1v) is 6.75. The van der Waals surface area contributed by atoms with Crippen molar-refractivity contribution in [2.45, 2.75) is 18.2 Å². The van der Waals surface area contributed by atoms with Crippen molar-refractivity contribution >= 4 is 21.4 Å². The first kappa shape index (κ1) is 14.4. The molecule has 100 valence electrons. The van der Waals surface area contributed by atoms with Gasteiger partial charge in [-0.2, -0.15) is 0 Å². The summed E-state index contributed by atoms with van der Waals surface area (Å²) < 4.78 is 25.4. The zero-order valence-electron chi connectivity index (χ0n) is 10.2. The lowest BCUT2D eigenvalue weighted by atomic mass is 10.3. The molecule has 0 amide bonds. The lowest BCUT2D eigenvalue weighted by Crippen LogP contribution is -2.28. The Hall–Kier alpha value is -1.67. The zero-order chi connectivity index (χ0) is 13.9. The summed E-state index contributed by atoms with van der Waals surface area (Å²) in [6, 6.07) is 3.38. The van der Waals surface area contributed by atoms with Gasteiger partial charge in [0, 0.05) is 25.7 Å². The van der Waals surface area contributed by atoms with Crippen LogP contribution in [0.4, 0.5) is 11.4 Å². The van der Waals surface area contributed by atoms with Gasteiger partial charge in [0.1, 0.15) is 4.90 Å². The Balaban J connectivity index is 3.31. The molecule has 18 heavy (non-hydrogen) atoms. The number of hydrogen-bond acceptors (Lipinski definition) is 5. The highest BCUT2D eigenvalue weighted by Crippen LogP contribution is 2.26. The number of sulfonamides is 1. The van der Waals surface area contributed by atoms with E-state index in [9.17, 15) is 18.5 Å². The van der Waals surface area contributed by atoms with E-state index in [1.165, 1.54) is 19.2 Å². The Kier molecular flexibility index (Phi) is 4.25. The van der Waals surface area contributed by atoms with Gasteiger partial charge in [-0.05, 0) is 12.5 Å². The van der Waals surface area contributed by atoms with E-state index in [1.807, 2.05) is 6.92 Å². The summed E-state index contributed by atoms with van der Waals surface area (Å²) in [7, 11) is -2.37. The number of hydrogen-bond donors (Lipinski definition) is 1. The van der Waals surface area contributed by atoms with E-state index in [0.29, 0.717) is 13.0 Å². The first-order valence-electron chi connectivity index (χ1n) is 5.31. The number of nitro groups is 1. The maximum Gasteiger partial charge on any atom is 0.270 e. The molecule has 1 aromatic carbocycles. The van der Waals surface area contributed by atoms with Gasteiger partial charge < -0.3 is 5.73 Å². The van der Waals surface area contributed by atoms with Crippen molar-refractivity contribution in [1.29, 1.82) is 0 Å². The number of non-ortho nitro benzene ring substituents is 1. The van der Waals surface area contributed by atoms with Crippen LogP contribution in [0.2, 0.25) is 0 Å². The minimum atomic E-state index is -3.78. The van der Waals surface area contributed by atoms with Crippen LogP contribution in [0.3, 0.4) is 0 Å². The van der Waals surface area contributed by atoms with E-state index >= 15 is 0 Å². The van der Waals surface area contributed by atoms with Crippen LogP contribution >= 0.6 is 0 Å². The third-order valence-electron chi connectivity index (χ3n) is 2.43. The Bertz CT molecular complexity index is 556. The second-order valence-corrected chi connectivity index (χ2v) is 5.82. The van der Waals surface area contributed by atoms with Crippen molar-refractivity contribution in [2.75, 3.05) is 19.3 Å². The molecule has 0 atom stereocenters. The molecule has 0 saturated heterocycles. The topological polar surface area (TPSA) is 107 Å². The summed E-state index contributed by atoms with van der Waals surface area (Å²) in [6.07, 6.45) is 0.643. The van der Waals surface area contributed by atoms with E-state index in [-0.39, 0.29) is 16.3 Å². The van der Waals surface area contributed by atoms with Gasteiger partial charge in [0.25, 0.3) is 5.69 Å². The van der Waals surface area contributed by atoms with E-state index in [2.05, 4.69) is 0 Å². The van der Waals surface area contributed by atoms with E-state index in [1.54, 1.807) is 0 Å². The SMILES string of the molecule is CCCN(C)S(=O)(=O)c1cc([N+](=O)[O-])ccc1N. The highest BCUT2D eigenvalue weighted by molar-refractivity contribution is 7.89. The van der Waals surface area contributed by atoms with Gasteiger partial charge in [0.2, 0.25) is 10.0 Å². The number of nitro benzene ring substituents is 1. The number of nitrogens with two attached hydrogens (primary N) is 1. The van der Waals surface area contributed by atoms with Crippen LogP contribution in [-0.4, -0.2) is 31.2 Å². The molecule has 0 aliphatic rings. The average molecular weight is 273 g/mol.